The molecule has 2 amide bonds. The van der Waals surface area contributed by atoms with Gasteiger partial charge in [0.05, 0.1) is 11.4 Å². The summed E-state index contributed by atoms with van der Waals surface area (Å²) in [6.07, 6.45) is 3.23. The lowest BCUT2D eigenvalue weighted by atomic mass is 9.97. The Balaban J connectivity index is 1.47. The fraction of sp³-hybridized carbons (Fsp3) is 0.0938. The summed E-state index contributed by atoms with van der Waals surface area (Å²) in [5, 5.41) is 11.2. The van der Waals surface area contributed by atoms with Gasteiger partial charge in [-0.25, -0.2) is 9.50 Å². The molecule has 10 heteroatoms. The number of hydrogen-bond donors (Lipinski definition) is 3. The molecule has 6 rings (SSSR count). The van der Waals surface area contributed by atoms with Gasteiger partial charge in [-0.2, -0.15) is 0 Å². The molecule has 1 atom stereocenters. The van der Waals surface area contributed by atoms with Crippen LogP contribution in [0.2, 0.25) is 0 Å². The number of benzene rings is 3. The van der Waals surface area contributed by atoms with Crippen LogP contribution in [0.15, 0.2) is 102 Å². The molecule has 0 spiro atoms. The number of nitrogen functional groups attached to an aromatic ring is 1. The number of rotatable bonds is 6. The summed E-state index contributed by atoms with van der Waals surface area (Å²) in [6.45, 7) is 3.27. The SMILES string of the molecule is CC(=O)Nc1ccc(-c2cccc3cc(C(C)NC(=O)c4c(N)nn5cccnc45)n(-c4ccccc4)c(=O)c23)cc1. The standard InChI is InChI=1S/C32H27N7O3/c1-19(35-31(41)28-29(33)37-38-17-7-16-34-30(28)38)26-18-22-8-6-11-25(21-12-14-23(15-13-21)36-20(2)40)27(22)32(42)39(26)24-9-4-3-5-10-24/h3-19H,1-2H3,(H2,33,37)(H,35,41)(H,36,40). The molecule has 0 saturated carbocycles. The zero-order chi connectivity index (χ0) is 29.4. The second kappa shape index (κ2) is 10.7. The normalized spacial score (nSPS) is 11.9. The van der Waals surface area contributed by atoms with Gasteiger partial charge in [0.2, 0.25) is 5.91 Å². The molecule has 0 bridgehead atoms. The highest BCUT2D eigenvalue weighted by molar-refractivity contribution is 6.04. The number of nitrogens with one attached hydrogen (secondary N) is 2. The summed E-state index contributed by atoms with van der Waals surface area (Å²) >= 11 is 0. The highest BCUT2D eigenvalue weighted by Crippen LogP contribution is 2.30. The van der Waals surface area contributed by atoms with Crippen molar-refractivity contribution in [1.82, 2.24) is 24.5 Å². The van der Waals surface area contributed by atoms with E-state index >= 15 is 0 Å². The molecule has 0 aliphatic carbocycles. The lowest BCUT2D eigenvalue weighted by molar-refractivity contribution is -0.114. The summed E-state index contributed by atoms with van der Waals surface area (Å²) < 4.78 is 3.08. The maximum atomic E-state index is 14.4. The van der Waals surface area contributed by atoms with E-state index in [1.807, 2.05) is 73.7 Å². The number of nitrogens with two attached hydrogens (primary N) is 1. The Kier molecular flexibility index (Phi) is 6.71. The third kappa shape index (κ3) is 4.75. The minimum atomic E-state index is -0.589. The molecule has 1 unspecified atom stereocenters. The largest absolute Gasteiger partial charge is 0.381 e. The number of para-hydroxylation sites is 1. The van der Waals surface area contributed by atoms with Gasteiger partial charge < -0.3 is 16.4 Å². The van der Waals surface area contributed by atoms with Crippen LogP contribution in [0.5, 0.6) is 0 Å². The van der Waals surface area contributed by atoms with Crippen molar-refractivity contribution in [3.8, 4) is 16.8 Å². The summed E-state index contributed by atoms with van der Waals surface area (Å²) in [4.78, 5) is 43.5. The smallest absolute Gasteiger partial charge is 0.263 e. The summed E-state index contributed by atoms with van der Waals surface area (Å²) in [7, 11) is 0. The summed E-state index contributed by atoms with van der Waals surface area (Å²) in [6, 6.07) is 25.4. The molecule has 10 nitrogen and oxygen atoms in total. The predicted molar refractivity (Wildman–Crippen MR) is 163 cm³/mol. The maximum Gasteiger partial charge on any atom is 0.263 e. The van der Waals surface area contributed by atoms with Crippen molar-refractivity contribution in [2.24, 2.45) is 0 Å². The van der Waals surface area contributed by atoms with E-state index in [-0.39, 0.29) is 22.8 Å². The van der Waals surface area contributed by atoms with Crippen LogP contribution in [0.25, 0.3) is 33.2 Å². The van der Waals surface area contributed by atoms with E-state index in [0.29, 0.717) is 28.1 Å². The Hall–Kier alpha value is -5.77. The first-order chi connectivity index (χ1) is 20.3. The van der Waals surface area contributed by atoms with Gasteiger partial charge in [0.1, 0.15) is 5.56 Å². The van der Waals surface area contributed by atoms with E-state index in [1.165, 1.54) is 11.4 Å². The zero-order valence-electron chi connectivity index (χ0n) is 22.9. The lowest BCUT2D eigenvalue weighted by Crippen LogP contribution is -2.32. The molecular weight excluding hydrogens is 530 g/mol. The highest BCUT2D eigenvalue weighted by atomic mass is 16.2. The van der Waals surface area contributed by atoms with Crippen molar-refractivity contribution in [2.45, 2.75) is 19.9 Å². The van der Waals surface area contributed by atoms with Crippen LogP contribution in [-0.2, 0) is 4.79 Å². The van der Waals surface area contributed by atoms with Gasteiger partial charge in [-0.05, 0) is 59.8 Å². The second-order valence-electron chi connectivity index (χ2n) is 9.92. The van der Waals surface area contributed by atoms with Crippen molar-refractivity contribution in [3.63, 3.8) is 0 Å². The highest BCUT2D eigenvalue weighted by Gasteiger charge is 2.24. The Labute approximate surface area is 240 Å². The number of pyridine rings is 1. The number of carbonyl (C=O) groups is 2. The first-order valence-corrected chi connectivity index (χ1v) is 13.3. The molecule has 3 heterocycles. The molecule has 6 aromatic rings. The molecule has 0 saturated heterocycles. The quantitative estimate of drug-likeness (QED) is 0.271. The van der Waals surface area contributed by atoms with Gasteiger partial charge in [-0.3, -0.25) is 19.0 Å². The van der Waals surface area contributed by atoms with Crippen LogP contribution in [-0.4, -0.2) is 31.0 Å². The van der Waals surface area contributed by atoms with Crippen LogP contribution < -0.4 is 21.9 Å². The molecule has 0 radical (unpaired) electrons. The molecule has 3 aromatic carbocycles. The van der Waals surface area contributed by atoms with Crippen molar-refractivity contribution < 1.29 is 9.59 Å². The van der Waals surface area contributed by atoms with Gasteiger partial charge in [0.15, 0.2) is 11.5 Å². The van der Waals surface area contributed by atoms with Crippen molar-refractivity contribution in [2.75, 3.05) is 11.1 Å². The third-order valence-electron chi connectivity index (χ3n) is 7.05. The van der Waals surface area contributed by atoms with Gasteiger partial charge in [-0.15, -0.1) is 5.10 Å². The Bertz CT molecular complexity index is 2030. The first kappa shape index (κ1) is 26.5. The van der Waals surface area contributed by atoms with Crippen molar-refractivity contribution >= 4 is 39.7 Å². The number of aromatic nitrogens is 4. The van der Waals surface area contributed by atoms with Crippen LogP contribution in [0.3, 0.4) is 0 Å². The molecule has 0 fully saturated rings. The number of fused-ring (bicyclic) bond motifs is 2. The van der Waals surface area contributed by atoms with Crippen LogP contribution in [0, 0.1) is 0 Å². The van der Waals surface area contributed by atoms with Gasteiger partial charge >= 0.3 is 0 Å². The first-order valence-electron chi connectivity index (χ1n) is 13.3. The maximum absolute atomic E-state index is 14.4. The van der Waals surface area contributed by atoms with Crippen LogP contribution >= 0.6 is 0 Å². The Morgan fingerprint density at radius 1 is 0.952 bits per heavy atom. The van der Waals surface area contributed by atoms with E-state index in [4.69, 9.17) is 5.73 Å². The van der Waals surface area contributed by atoms with Crippen molar-refractivity contribution in [1.29, 1.82) is 0 Å². The second-order valence-corrected chi connectivity index (χ2v) is 9.92. The lowest BCUT2D eigenvalue weighted by Gasteiger charge is -2.21. The fourth-order valence-electron chi connectivity index (χ4n) is 5.19. The summed E-state index contributed by atoms with van der Waals surface area (Å²) in [5.74, 6) is -0.548. The van der Waals surface area contributed by atoms with E-state index in [0.717, 1.165) is 16.5 Å². The molecule has 0 aliphatic heterocycles. The monoisotopic (exact) mass is 557 g/mol. The summed E-state index contributed by atoms with van der Waals surface area (Å²) in [5.41, 5.74) is 9.87. The average Bonchev–Trinajstić information content (AvgIpc) is 3.33. The number of carbonyl (C=O) groups excluding carboxylic acids is 2. The molecule has 3 aromatic heterocycles. The molecule has 208 valence electrons. The number of amides is 2. The van der Waals surface area contributed by atoms with Crippen LogP contribution in [0.4, 0.5) is 11.5 Å². The number of anilines is 2. The minimum Gasteiger partial charge on any atom is -0.381 e. The molecular formula is C32H27N7O3. The topological polar surface area (TPSA) is 136 Å². The fourth-order valence-corrected chi connectivity index (χ4v) is 5.19. The van der Waals surface area contributed by atoms with E-state index in [1.54, 1.807) is 35.2 Å². The number of hydrogen-bond acceptors (Lipinski definition) is 6. The Morgan fingerprint density at radius 2 is 1.71 bits per heavy atom. The number of nitrogens with zero attached hydrogens (tertiary/aromatic N) is 4. The minimum absolute atomic E-state index is 0.0616. The van der Waals surface area contributed by atoms with Crippen LogP contribution in [0.1, 0.15) is 35.9 Å². The molecule has 42 heavy (non-hydrogen) atoms. The van der Waals surface area contributed by atoms with Gasteiger partial charge in [0.25, 0.3) is 11.5 Å². The average molecular weight is 558 g/mol. The molecule has 0 aliphatic rings. The van der Waals surface area contributed by atoms with Crippen molar-refractivity contribution in [3.05, 3.63) is 119 Å². The molecule has 4 N–H and O–H groups in total. The predicted octanol–water partition coefficient (Wildman–Crippen LogP) is 4.73. The van der Waals surface area contributed by atoms with Gasteiger partial charge in [0, 0.05) is 36.4 Å². The third-order valence-corrected chi connectivity index (χ3v) is 7.05. The zero-order valence-corrected chi connectivity index (χ0v) is 22.9. The van der Waals surface area contributed by atoms with E-state index < -0.39 is 11.9 Å². The Morgan fingerprint density at radius 3 is 2.45 bits per heavy atom. The van der Waals surface area contributed by atoms with E-state index in [9.17, 15) is 14.4 Å². The van der Waals surface area contributed by atoms with E-state index in [2.05, 4.69) is 20.7 Å². The van der Waals surface area contributed by atoms with Gasteiger partial charge in [-0.1, -0.05) is 48.5 Å².